The van der Waals surface area contributed by atoms with Gasteiger partial charge < -0.3 is 15.0 Å². The van der Waals surface area contributed by atoms with Gasteiger partial charge in [0.05, 0.1) is 11.6 Å². The number of likely N-dealkylation sites (tertiary alicyclic amines) is 1. The van der Waals surface area contributed by atoms with Gasteiger partial charge in [0.25, 0.3) is 5.91 Å². The monoisotopic (exact) mass is 315 g/mol. The molecule has 1 saturated heterocycles. The smallest absolute Gasteiger partial charge is 0.258 e. The van der Waals surface area contributed by atoms with Crippen molar-refractivity contribution in [3.8, 4) is 11.8 Å². The molecule has 2 rings (SSSR count). The summed E-state index contributed by atoms with van der Waals surface area (Å²) in [5, 5.41) is 11.8. The first-order chi connectivity index (χ1) is 11.1. The molecule has 5 nitrogen and oxygen atoms in total. The summed E-state index contributed by atoms with van der Waals surface area (Å²) in [4.78, 5) is 14.4. The number of ether oxygens (including phenoxy) is 1. The quantitative estimate of drug-likeness (QED) is 0.874. The predicted octanol–water partition coefficient (Wildman–Crippen LogP) is 2.17. The van der Waals surface area contributed by atoms with Crippen LogP contribution in [0, 0.1) is 17.2 Å². The van der Waals surface area contributed by atoms with E-state index in [1.807, 2.05) is 6.07 Å². The molecule has 1 aliphatic rings. The summed E-state index contributed by atoms with van der Waals surface area (Å²) in [6, 6.07) is 9.06. The number of hydrogen-bond acceptors (Lipinski definition) is 4. The minimum Gasteiger partial charge on any atom is -0.484 e. The molecule has 0 radical (unpaired) electrons. The average molecular weight is 315 g/mol. The van der Waals surface area contributed by atoms with Gasteiger partial charge in [-0.15, -0.1) is 0 Å². The van der Waals surface area contributed by atoms with Crippen LogP contribution in [0.2, 0.25) is 0 Å². The fourth-order valence-electron chi connectivity index (χ4n) is 2.82. The minimum absolute atomic E-state index is 0.0120. The second-order valence-corrected chi connectivity index (χ2v) is 6.46. The summed E-state index contributed by atoms with van der Waals surface area (Å²) in [5.74, 6) is 1.20. The summed E-state index contributed by atoms with van der Waals surface area (Å²) in [6.45, 7) is 7.68. The zero-order valence-corrected chi connectivity index (χ0v) is 13.9. The highest BCUT2D eigenvalue weighted by atomic mass is 16.5. The Balaban J connectivity index is 1.68. The SMILES string of the molecule is CC(C)CN1CCC(NC(=O)COc2ccc(C#N)cc2)CC1. The summed E-state index contributed by atoms with van der Waals surface area (Å²) < 4.78 is 5.45. The van der Waals surface area contributed by atoms with Crippen LogP contribution in [0.5, 0.6) is 5.75 Å². The number of amides is 1. The van der Waals surface area contributed by atoms with Crippen LogP contribution in [0.4, 0.5) is 0 Å². The molecule has 1 aromatic carbocycles. The molecular weight excluding hydrogens is 290 g/mol. The molecule has 1 heterocycles. The largest absolute Gasteiger partial charge is 0.484 e. The minimum atomic E-state index is -0.0864. The number of nitriles is 1. The number of hydrogen-bond donors (Lipinski definition) is 1. The molecule has 1 fully saturated rings. The summed E-state index contributed by atoms with van der Waals surface area (Å²) in [6.07, 6.45) is 1.99. The fraction of sp³-hybridized carbons (Fsp3) is 0.556. The first-order valence-corrected chi connectivity index (χ1v) is 8.21. The molecular formula is C18H25N3O2. The van der Waals surface area contributed by atoms with Crippen LogP contribution in [0.25, 0.3) is 0 Å². The standard InChI is InChI=1S/C18H25N3O2/c1-14(2)12-21-9-7-16(8-10-21)20-18(22)13-23-17-5-3-15(11-19)4-6-17/h3-6,14,16H,7-10,12-13H2,1-2H3,(H,20,22). The van der Waals surface area contributed by atoms with Gasteiger partial charge in [0.1, 0.15) is 5.75 Å². The van der Waals surface area contributed by atoms with Crippen molar-refractivity contribution in [2.75, 3.05) is 26.2 Å². The summed E-state index contributed by atoms with van der Waals surface area (Å²) >= 11 is 0. The third kappa shape index (κ3) is 5.91. The molecule has 0 spiro atoms. The second kappa shape index (κ2) is 8.54. The van der Waals surface area contributed by atoms with Crippen molar-refractivity contribution < 1.29 is 9.53 Å². The molecule has 1 aliphatic heterocycles. The van der Waals surface area contributed by atoms with E-state index in [2.05, 4.69) is 24.1 Å². The Labute approximate surface area is 138 Å². The van der Waals surface area contributed by atoms with Crippen molar-refractivity contribution in [2.45, 2.75) is 32.7 Å². The van der Waals surface area contributed by atoms with Gasteiger partial charge in [-0.05, 0) is 43.0 Å². The van der Waals surface area contributed by atoms with Crippen LogP contribution in [0.3, 0.4) is 0 Å². The molecule has 0 saturated carbocycles. The van der Waals surface area contributed by atoms with Crippen molar-refractivity contribution in [3.63, 3.8) is 0 Å². The number of nitrogens with one attached hydrogen (secondary N) is 1. The van der Waals surface area contributed by atoms with Gasteiger partial charge in [0.2, 0.25) is 0 Å². The predicted molar refractivity (Wildman–Crippen MR) is 89.1 cm³/mol. The number of benzene rings is 1. The lowest BCUT2D eigenvalue weighted by Crippen LogP contribution is -2.46. The average Bonchev–Trinajstić information content (AvgIpc) is 2.55. The van der Waals surface area contributed by atoms with Crippen LogP contribution >= 0.6 is 0 Å². The fourth-order valence-corrected chi connectivity index (χ4v) is 2.82. The lowest BCUT2D eigenvalue weighted by molar-refractivity contribution is -0.124. The van der Waals surface area contributed by atoms with Crippen molar-refractivity contribution >= 4 is 5.91 Å². The maximum absolute atomic E-state index is 12.0. The third-order valence-corrected chi connectivity index (χ3v) is 3.93. The van der Waals surface area contributed by atoms with Gasteiger partial charge in [0, 0.05) is 25.7 Å². The summed E-state index contributed by atoms with van der Waals surface area (Å²) in [5.41, 5.74) is 0.579. The Bertz CT molecular complexity index is 540. The van der Waals surface area contributed by atoms with Gasteiger partial charge in [0.15, 0.2) is 6.61 Å². The lowest BCUT2D eigenvalue weighted by atomic mass is 10.0. The van der Waals surface area contributed by atoms with E-state index in [1.54, 1.807) is 24.3 Å². The molecule has 1 N–H and O–H groups in total. The van der Waals surface area contributed by atoms with E-state index in [0.29, 0.717) is 17.2 Å². The topological polar surface area (TPSA) is 65.4 Å². The third-order valence-electron chi connectivity index (χ3n) is 3.93. The molecule has 0 aromatic heterocycles. The second-order valence-electron chi connectivity index (χ2n) is 6.46. The first-order valence-electron chi connectivity index (χ1n) is 8.21. The Hall–Kier alpha value is -2.06. The van der Waals surface area contributed by atoms with Crippen LogP contribution < -0.4 is 10.1 Å². The Kier molecular flexibility index (Phi) is 6.42. The molecule has 124 valence electrons. The highest BCUT2D eigenvalue weighted by Crippen LogP contribution is 2.13. The highest BCUT2D eigenvalue weighted by Gasteiger charge is 2.21. The van der Waals surface area contributed by atoms with Gasteiger partial charge in [-0.1, -0.05) is 13.8 Å². The van der Waals surface area contributed by atoms with Crippen molar-refractivity contribution in [1.82, 2.24) is 10.2 Å². The van der Waals surface area contributed by atoms with Crippen molar-refractivity contribution in [3.05, 3.63) is 29.8 Å². The number of piperidine rings is 1. The maximum Gasteiger partial charge on any atom is 0.258 e. The maximum atomic E-state index is 12.0. The van der Waals surface area contributed by atoms with E-state index in [4.69, 9.17) is 10.00 Å². The van der Waals surface area contributed by atoms with Crippen LogP contribution in [0.15, 0.2) is 24.3 Å². The summed E-state index contributed by atoms with van der Waals surface area (Å²) in [7, 11) is 0. The first kappa shape index (κ1) is 17.3. The van der Waals surface area contributed by atoms with Crippen LogP contribution in [-0.4, -0.2) is 43.1 Å². The van der Waals surface area contributed by atoms with Crippen molar-refractivity contribution in [1.29, 1.82) is 5.26 Å². The Morgan fingerprint density at radius 2 is 2.00 bits per heavy atom. The van der Waals surface area contributed by atoms with Crippen molar-refractivity contribution in [2.24, 2.45) is 5.92 Å². The van der Waals surface area contributed by atoms with Gasteiger partial charge in [-0.2, -0.15) is 5.26 Å². The van der Waals surface area contributed by atoms with Crippen LogP contribution in [0.1, 0.15) is 32.3 Å². The Morgan fingerprint density at radius 3 is 2.57 bits per heavy atom. The molecule has 1 aromatic rings. The number of carbonyl (C=O) groups excluding carboxylic acids is 1. The normalized spacial score (nSPS) is 16.1. The van der Waals surface area contributed by atoms with E-state index in [-0.39, 0.29) is 18.6 Å². The highest BCUT2D eigenvalue weighted by molar-refractivity contribution is 5.77. The van der Waals surface area contributed by atoms with Gasteiger partial charge in [-0.25, -0.2) is 0 Å². The zero-order valence-electron chi connectivity index (χ0n) is 13.9. The number of nitrogens with zero attached hydrogens (tertiary/aromatic N) is 2. The molecule has 0 atom stereocenters. The molecule has 5 heteroatoms. The van der Waals surface area contributed by atoms with Gasteiger partial charge in [-0.3, -0.25) is 4.79 Å². The van der Waals surface area contributed by atoms with Crippen LogP contribution in [-0.2, 0) is 4.79 Å². The number of carbonyl (C=O) groups is 1. The lowest BCUT2D eigenvalue weighted by Gasteiger charge is -2.33. The molecule has 23 heavy (non-hydrogen) atoms. The van der Waals surface area contributed by atoms with E-state index in [1.165, 1.54) is 0 Å². The number of rotatable bonds is 6. The molecule has 0 aliphatic carbocycles. The van der Waals surface area contributed by atoms with E-state index in [9.17, 15) is 4.79 Å². The zero-order chi connectivity index (χ0) is 16.7. The molecule has 0 bridgehead atoms. The Morgan fingerprint density at radius 1 is 1.35 bits per heavy atom. The van der Waals surface area contributed by atoms with E-state index in [0.717, 1.165) is 32.5 Å². The van der Waals surface area contributed by atoms with E-state index >= 15 is 0 Å². The molecule has 1 amide bonds. The van der Waals surface area contributed by atoms with E-state index < -0.39 is 0 Å². The van der Waals surface area contributed by atoms with Gasteiger partial charge >= 0.3 is 0 Å². The molecule has 0 unspecified atom stereocenters.